The van der Waals surface area contributed by atoms with Crippen molar-refractivity contribution in [2.75, 3.05) is 11.9 Å². The third-order valence-corrected chi connectivity index (χ3v) is 4.73. The zero-order valence-corrected chi connectivity index (χ0v) is 15.7. The van der Waals surface area contributed by atoms with Gasteiger partial charge in [-0.25, -0.2) is 0 Å². The van der Waals surface area contributed by atoms with Gasteiger partial charge in [0.25, 0.3) is 11.8 Å². The predicted molar refractivity (Wildman–Crippen MR) is 103 cm³/mol. The molecule has 2 amide bonds. The van der Waals surface area contributed by atoms with E-state index < -0.39 is 0 Å². The van der Waals surface area contributed by atoms with Crippen LogP contribution in [0.4, 0.5) is 5.69 Å². The van der Waals surface area contributed by atoms with E-state index in [2.05, 4.69) is 20.8 Å². The van der Waals surface area contributed by atoms with E-state index in [1.54, 1.807) is 30.5 Å². The Bertz CT molecular complexity index is 905. The Morgan fingerprint density at radius 1 is 1.11 bits per heavy atom. The number of hydrogen-bond donors (Lipinski definition) is 2. The van der Waals surface area contributed by atoms with Crippen LogP contribution in [0.2, 0.25) is 0 Å². The molecule has 3 rings (SSSR count). The van der Waals surface area contributed by atoms with Gasteiger partial charge in [0.1, 0.15) is 10.8 Å². The van der Waals surface area contributed by atoms with Crippen LogP contribution in [0.1, 0.15) is 44.3 Å². The second-order valence-electron chi connectivity index (χ2n) is 5.87. The SMILES string of the molecule is CCCc1nnc(C(=O)Nc2cccc(C(=O)NCCc3ccco3)c2)s1. The van der Waals surface area contributed by atoms with Gasteiger partial charge < -0.3 is 15.1 Å². The summed E-state index contributed by atoms with van der Waals surface area (Å²) in [5, 5.41) is 14.7. The highest BCUT2D eigenvalue weighted by atomic mass is 32.1. The summed E-state index contributed by atoms with van der Waals surface area (Å²) in [5.41, 5.74) is 1.00. The fraction of sp³-hybridized carbons (Fsp3) is 0.263. The zero-order chi connectivity index (χ0) is 19.1. The third-order valence-electron chi connectivity index (χ3n) is 3.74. The summed E-state index contributed by atoms with van der Waals surface area (Å²) in [6.07, 6.45) is 3.98. The summed E-state index contributed by atoms with van der Waals surface area (Å²) in [6, 6.07) is 10.5. The van der Waals surface area contributed by atoms with Gasteiger partial charge in [-0.15, -0.1) is 10.2 Å². The molecule has 3 aromatic rings. The Balaban J connectivity index is 1.57. The minimum absolute atomic E-state index is 0.209. The molecular formula is C19H20N4O3S. The fourth-order valence-corrected chi connectivity index (χ4v) is 3.28. The van der Waals surface area contributed by atoms with Crippen LogP contribution in [-0.2, 0) is 12.8 Å². The molecule has 0 unspecified atom stereocenters. The molecular weight excluding hydrogens is 364 g/mol. The highest BCUT2D eigenvalue weighted by molar-refractivity contribution is 7.13. The number of anilines is 1. The zero-order valence-electron chi connectivity index (χ0n) is 14.9. The van der Waals surface area contributed by atoms with E-state index in [0.29, 0.717) is 29.2 Å². The van der Waals surface area contributed by atoms with Crippen molar-refractivity contribution in [3.05, 3.63) is 64.0 Å². The molecule has 8 heteroatoms. The van der Waals surface area contributed by atoms with Crippen molar-refractivity contribution >= 4 is 28.8 Å². The van der Waals surface area contributed by atoms with Crippen LogP contribution in [0, 0.1) is 0 Å². The first-order valence-electron chi connectivity index (χ1n) is 8.70. The minimum atomic E-state index is -0.328. The smallest absolute Gasteiger partial charge is 0.286 e. The number of hydrogen-bond acceptors (Lipinski definition) is 6. The first kappa shape index (κ1) is 18.8. The fourth-order valence-electron chi connectivity index (χ4n) is 2.44. The molecule has 0 saturated heterocycles. The average Bonchev–Trinajstić information content (AvgIpc) is 3.34. The second kappa shape index (κ2) is 9.09. The number of furan rings is 1. The van der Waals surface area contributed by atoms with Crippen LogP contribution in [-0.4, -0.2) is 28.6 Å². The summed E-state index contributed by atoms with van der Waals surface area (Å²) in [7, 11) is 0. The number of benzene rings is 1. The summed E-state index contributed by atoms with van der Waals surface area (Å²) in [6.45, 7) is 2.51. The van der Waals surface area contributed by atoms with Crippen molar-refractivity contribution < 1.29 is 14.0 Å². The van der Waals surface area contributed by atoms with Gasteiger partial charge in [0.15, 0.2) is 0 Å². The van der Waals surface area contributed by atoms with Gasteiger partial charge in [0.05, 0.1) is 6.26 Å². The van der Waals surface area contributed by atoms with Crippen molar-refractivity contribution in [1.29, 1.82) is 0 Å². The normalized spacial score (nSPS) is 10.6. The van der Waals surface area contributed by atoms with E-state index in [4.69, 9.17) is 4.42 Å². The maximum atomic E-state index is 12.3. The van der Waals surface area contributed by atoms with Crippen molar-refractivity contribution in [3.63, 3.8) is 0 Å². The van der Waals surface area contributed by atoms with E-state index >= 15 is 0 Å². The largest absolute Gasteiger partial charge is 0.469 e. The van der Waals surface area contributed by atoms with Gasteiger partial charge in [-0.2, -0.15) is 0 Å². The first-order chi connectivity index (χ1) is 13.2. The number of aryl methyl sites for hydroxylation is 1. The van der Waals surface area contributed by atoms with Crippen molar-refractivity contribution in [1.82, 2.24) is 15.5 Å². The Morgan fingerprint density at radius 3 is 2.78 bits per heavy atom. The number of carbonyl (C=O) groups is 2. The number of nitrogens with zero attached hydrogens (tertiary/aromatic N) is 2. The number of rotatable bonds is 8. The molecule has 0 bridgehead atoms. The standard InChI is InChI=1S/C19H20N4O3S/c1-2-5-16-22-23-19(27-16)18(25)21-14-7-3-6-13(12-14)17(24)20-10-9-15-8-4-11-26-15/h3-4,6-8,11-12H,2,5,9-10H2,1H3,(H,20,24)(H,21,25). The molecule has 2 heterocycles. The van der Waals surface area contributed by atoms with Gasteiger partial charge >= 0.3 is 0 Å². The predicted octanol–water partition coefficient (Wildman–Crippen LogP) is 3.31. The maximum absolute atomic E-state index is 12.3. The van der Waals surface area contributed by atoms with Crippen LogP contribution in [0.3, 0.4) is 0 Å². The molecule has 7 nitrogen and oxygen atoms in total. The summed E-state index contributed by atoms with van der Waals surface area (Å²) < 4.78 is 5.23. The lowest BCUT2D eigenvalue weighted by Crippen LogP contribution is -2.25. The quantitative estimate of drug-likeness (QED) is 0.621. The monoisotopic (exact) mass is 384 g/mol. The average molecular weight is 384 g/mol. The second-order valence-corrected chi connectivity index (χ2v) is 6.93. The van der Waals surface area contributed by atoms with E-state index in [0.717, 1.165) is 23.6 Å². The molecule has 0 aliphatic carbocycles. The van der Waals surface area contributed by atoms with Crippen molar-refractivity contribution in [2.24, 2.45) is 0 Å². The van der Waals surface area contributed by atoms with Gasteiger partial charge in [0, 0.05) is 30.6 Å². The van der Waals surface area contributed by atoms with Crippen LogP contribution >= 0.6 is 11.3 Å². The molecule has 0 fully saturated rings. The first-order valence-corrected chi connectivity index (χ1v) is 9.51. The van der Waals surface area contributed by atoms with E-state index in [1.165, 1.54) is 11.3 Å². The molecule has 2 N–H and O–H groups in total. The van der Waals surface area contributed by atoms with Gasteiger partial charge in [-0.3, -0.25) is 9.59 Å². The van der Waals surface area contributed by atoms with Crippen LogP contribution in [0.5, 0.6) is 0 Å². The summed E-state index contributed by atoms with van der Waals surface area (Å²) in [5.74, 6) is 0.278. The molecule has 1 aromatic carbocycles. The van der Waals surface area contributed by atoms with Crippen LogP contribution in [0.15, 0.2) is 47.1 Å². The maximum Gasteiger partial charge on any atom is 0.286 e. The molecule has 140 valence electrons. The minimum Gasteiger partial charge on any atom is -0.469 e. The number of carbonyl (C=O) groups excluding carboxylic acids is 2. The summed E-state index contributed by atoms with van der Waals surface area (Å²) >= 11 is 1.28. The topological polar surface area (TPSA) is 97.1 Å². The molecule has 0 atom stereocenters. The van der Waals surface area contributed by atoms with Crippen molar-refractivity contribution in [3.8, 4) is 0 Å². The molecule has 0 radical (unpaired) electrons. The molecule has 0 aliphatic heterocycles. The Morgan fingerprint density at radius 2 is 2.00 bits per heavy atom. The third kappa shape index (κ3) is 5.24. The van der Waals surface area contributed by atoms with Gasteiger partial charge in [-0.1, -0.05) is 24.3 Å². The van der Waals surface area contributed by atoms with E-state index in [1.807, 2.05) is 19.1 Å². The lowest BCUT2D eigenvalue weighted by Gasteiger charge is -2.07. The highest BCUT2D eigenvalue weighted by Gasteiger charge is 2.14. The van der Waals surface area contributed by atoms with Crippen molar-refractivity contribution in [2.45, 2.75) is 26.2 Å². The van der Waals surface area contributed by atoms with Crippen LogP contribution in [0.25, 0.3) is 0 Å². The molecule has 0 aliphatic rings. The lowest BCUT2D eigenvalue weighted by atomic mass is 10.2. The Kier molecular flexibility index (Phi) is 6.32. The molecule has 0 saturated carbocycles. The van der Waals surface area contributed by atoms with E-state index in [-0.39, 0.29) is 11.8 Å². The number of aromatic nitrogens is 2. The van der Waals surface area contributed by atoms with E-state index in [9.17, 15) is 9.59 Å². The van der Waals surface area contributed by atoms with Gasteiger partial charge in [-0.05, 0) is 36.8 Å². The highest BCUT2D eigenvalue weighted by Crippen LogP contribution is 2.16. The molecule has 27 heavy (non-hydrogen) atoms. The van der Waals surface area contributed by atoms with Gasteiger partial charge in [0.2, 0.25) is 5.01 Å². The molecule has 2 aromatic heterocycles. The lowest BCUT2D eigenvalue weighted by molar-refractivity contribution is 0.0952. The number of nitrogens with one attached hydrogen (secondary N) is 2. The van der Waals surface area contributed by atoms with Crippen LogP contribution < -0.4 is 10.6 Å². The molecule has 0 spiro atoms. The Labute approximate surface area is 160 Å². The summed E-state index contributed by atoms with van der Waals surface area (Å²) in [4.78, 5) is 24.6. The number of amides is 2. The Hall–Kier alpha value is -3.00.